The zero-order valence-electron chi connectivity index (χ0n) is 12.8. The van der Waals surface area contributed by atoms with E-state index in [-0.39, 0.29) is 5.41 Å². The van der Waals surface area contributed by atoms with Gasteiger partial charge in [-0.05, 0) is 54.3 Å². The van der Waals surface area contributed by atoms with Crippen LogP contribution in [0, 0.1) is 28.6 Å². The summed E-state index contributed by atoms with van der Waals surface area (Å²) in [6, 6.07) is 0. The van der Waals surface area contributed by atoms with Crippen molar-refractivity contribution in [2.45, 2.75) is 60.3 Å². The van der Waals surface area contributed by atoms with Crippen LogP contribution < -0.4 is 0 Å². The summed E-state index contributed by atoms with van der Waals surface area (Å²) in [5.41, 5.74) is 2.18. The molecule has 0 aliphatic heterocycles. The Hall–Kier alpha value is -0.300. The lowest BCUT2D eigenvalue weighted by molar-refractivity contribution is 0.0275. The number of rotatable bonds is 2. The van der Waals surface area contributed by atoms with Gasteiger partial charge >= 0.3 is 0 Å². The molecule has 1 N–H and O–H groups in total. The van der Waals surface area contributed by atoms with Gasteiger partial charge < -0.3 is 5.11 Å². The molecule has 0 spiro atoms. The Bertz CT molecular complexity index is 342. The maximum absolute atomic E-state index is 9.62. The van der Waals surface area contributed by atoms with Gasteiger partial charge in [-0.3, -0.25) is 0 Å². The molecule has 0 heterocycles. The summed E-state index contributed by atoms with van der Waals surface area (Å²) in [6.45, 7) is 12.0. The van der Waals surface area contributed by atoms with Crippen molar-refractivity contribution in [2.75, 3.05) is 6.61 Å². The molecule has 0 saturated heterocycles. The quantitative estimate of drug-likeness (QED) is 0.720. The average Bonchev–Trinajstić information content (AvgIpc) is 2.30. The zero-order chi connectivity index (χ0) is 13.6. The second-order valence-corrected chi connectivity index (χ2v) is 7.81. The van der Waals surface area contributed by atoms with Gasteiger partial charge in [0.15, 0.2) is 0 Å². The molecule has 0 aromatic carbocycles. The van der Waals surface area contributed by atoms with Crippen molar-refractivity contribution in [2.24, 2.45) is 28.6 Å². The first kappa shape index (κ1) is 14.1. The minimum Gasteiger partial charge on any atom is -0.396 e. The van der Waals surface area contributed by atoms with E-state index in [1.807, 2.05) is 0 Å². The van der Waals surface area contributed by atoms with Crippen LogP contribution in [-0.2, 0) is 0 Å². The Balaban J connectivity index is 2.24. The fraction of sp³-hybridized carbons (Fsp3) is 0.882. The van der Waals surface area contributed by atoms with Gasteiger partial charge in [-0.15, -0.1) is 0 Å². The SMILES string of the molecule is CC1C=C2CCC(C(C)(C)CO)CC2(C)C(C)C1. The summed E-state index contributed by atoms with van der Waals surface area (Å²) >= 11 is 0. The first-order valence-corrected chi connectivity index (χ1v) is 7.61. The van der Waals surface area contributed by atoms with Gasteiger partial charge in [0, 0.05) is 6.61 Å². The molecule has 0 aromatic rings. The van der Waals surface area contributed by atoms with Crippen LogP contribution in [-0.4, -0.2) is 11.7 Å². The van der Waals surface area contributed by atoms with Crippen molar-refractivity contribution >= 4 is 0 Å². The Kier molecular flexibility index (Phi) is 3.66. The summed E-state index contributed by atoms with van der Waals surface area (Å²) in [4.78, 5) is 0. The van der Waals surface area contributed by atoms with Crippen LogP contribution in [0.5, 0.6) is 0 Å². The molecule has 18 heavy (non-hydrogen) atoms. The summed E-state index contributed by atoms with van der Waals surface area (Å²) in [7, 11) is 0. The molecule has 104 valence electrons. The molecule has 0 aromatic heterocycles. The maximum atomic E-state index is 9.62. The summed E-state index contributed by atoms with van der Waals surface area (Å²) in [5.74, 6) is 2.20. The maximum Gasteiger partial charge on any atom is 0.0484 e. The van der Waals surface area contributed by atoms with Crippen molar-refractivity contribution in [3.8, 4) is 0 Å². The van der Waals surface area contributed by atoms with E-state index in [2.05, 4.69) is 40.7 Å². The third kappa shape index (κ3) is 2.27. The topological polar surface area (TPSA) is 20.2 Å². The van der Waals surface area contributed by atoms with Gasteiger partial charge in [0.05, 0.1) is 0 Å². The third-order valence-electron chi connectivity index (χ3n) is 5.98. The second kappa shape index (κ2) is 4.67. The molecule has 0 bridgehead atoms. The summed E-state index contributed by atoms with van der Waals surface area (Å²) in [5, 5.41) is 9.62. The largest absolute Gasteiger partial charge is 0.396 e. The highest BCUT2D eigenvalue weighted by Gasteiger charge is 2.46. The lowest BCUT2D eigenvalue weighted by Gasteiger charge is -2.51. The molecular weight excluding hydrogens is 220 g/mol. The van der Waals surface area contributed by atoms with Gasteiger partial charge in [-0.1, -0.05) is 46.3 Å². The molecule has 2 aliphatic carbocycles. The van der Waals surface area contributed by atoms with Gasteiger partial charge in [-0.25, -0.2) is 0 Å². The Morgan fingerprint density at radius 1 is 1.39 bits per heavy atom. The van der Waals surface area contributed by atoms with E-state index < -0.39 is 0 Å². The monoisotopic (exact) mass is 250 g/mol. The third-order valence-corrected chi connectivity index (χ3v) is 5.98. The molecule has 1 heteroatoms. The average molecular weight is 250 g/mol. The minimum absolute atomic E-state index is 0.0807. The Morgan fingerprint density at radius 2 is 2.06 bits per heavy atom. The van der Waals surface area contributed by atoms with E-state index in [0.29, 0.717) is 17.9 Å². The molecule has 1 fully saturated rings. The minimum atomic E-state index is 0.0807. The smallest absolute Gasteiger partial charge is 0.0484 e. The fourth-order valence-corrected chi connectivity index (χ4v) is 4.18. The predicted octanol–water partition coefficient (Wildman–Crippen LogP) is 4.41. The lowest BCUT2D eigenvalue weighted by atomic mass is 9.54. The van der Waals surface area contributed by atoms with E-state index in [9.17, 15) is 5.11 Å². The van der Waals surface area contributed by atoms with Crippen LogP contribution in [0.2, 0.25) is 0 Å². The van der Waals surface area contributed by atoms with Crippen LogP contribution in [0.1, 0.15) is 60.3 Å². The lowest BCUT2D eigenvalue weighted by Crippen LogP contribution is -2.42. The van der Waals surface area contributed by atoms with Crippen molar-refractivity contribution < 1.29 is 5.11 Å². The van der Waals surface area contributed by atoms with Crippen LogP contribution in [0.3, 0.4) is 0 Å². The molecule has 1 saturated carbocycles. The van der Waals surface area contributed by atoms with Gasteiger partial charge in [0.25, 0.3) is 0 Å². The first-order valence-electron chi connectivity index (χ1n) is 7.61. The van der Waals surface area contributed by atoms with Gasteiger partial charge in [-0.2, -0.15) is 0 Å². The van der Waals surface area contributed by atoms with E-state index >= 15 is 0 Å². The highest BCUT2D eigenvalue weighted by Crippen LogP contribution is 2.56. The first-order chi connectivity index (χ1) is 8.29. The number of aliphatic hydroxyl groups excluding tert-OH is 1. The fourth-order valence-electron chi connectivity index (χ4n) is 4.18. The predicted molar refractivity (Wildman–Crippen MR) is 77.3 cm³/mol. The highest BCUT2D eigenvalue weighted by atomic mass is 16.3. The van der Waals surface area contributed by atoms with Crippen molar-refractivity contribution in [1.29, 1.82) is 0 Å². The number of allylic oxidation sites excluding steroid dienone is 2. The second-order valence-electron chi connectivity index (χ2n) is 7.81. The number of hydrogen-bond donors (Lipinski definition) is 1. The Labute approximate surface area is 113 Å². The molecule has 2 aliphatic rings. The van der Waals surface area contributed by atoms with Crippen molar-refractivity contribution in [3.05, 3.63) is 11.6 Å². The molecule has 4 unspecified atom stereocenters. The molecule has 4 atom stereocenters. The molecule has 1 nitrogen and oxygen atoms in total. The van der Waals surface area contributed by atoms with Crippen LogP contribution in [0.25, 0.3) is 0 Å². The molecule has 2 rings (SSSR count). The van der Waals surface area contributed by atoms with Crippen LogP contribution in [0.15, 0.2) is 11.6 Å². The van der Waals surface area contributed by atoms with Crippen molar-refractivity contribution in [1.82, 2.24) is 0 Å². The zero-order valence-corrected chi connectivity index (χ0v) is 12.8. The summed E-state index contributed by atoms with van der Waals surface area (Å²) < 4.78 is 0. The van der Waals surface area contributed by atoms with E-state index in [4.69, 9.17) is 0 Å². The normalized spacial score (nSPS) is 41.2. The van der Waals surface area contributed by atoms with Gasteiger partial charge in [0.2, 0.25) is 0 Å². The van der Waals surface area contributed by atoms with E-state index in [0.717, 1.165) is 11.8 Å². The summed E-state index contributed by atoms with van der Waals surface area (Å²) in [6.07, 6.45) is 7.64. The van der Waals surface area contributed by atoms with E-state index in [1.54, 1.807) is 5.57 Å². The molecular formula is C17H30O. The number of fused-ring (bicyclic) bond motifs is 1. The van der Waals surface area contributed by atoms with Crippen molar-refractivity contribution in [3.63, 3.8) is 0 Å². The van der Waals surface area contributed by atoms with Crippen LogP contribution in [0.4, 0.5) is 0 Å². The number of hydrogen-bond acceptors (Lipinski definition) is 1. The molecule has 0 radical (unpaired) electrons. The molecule has 0 amide bonds. The highest BCUT2D eigenvalue weighted by molar-refractivity contribution is 5.22. The Morgan fingerprint density at radius 3 is 2.67 bits per heavy atom. The standard InChI is InChI=1S/C17H30O/c1-12-8-13(2)17(5)10-15(16(3,4)11-18)7-6-14(17)9-12/h9,12-13,15,18H,6-8,10-11H2,1-5H3. The number of aliphatic hydroxyl groups is 1. The van der Waals surface area contributed by atoms with Gasteiger partial charge in [0.1, 0.15) is 0 Å². The van der Waals surface area contributed by atoms with Crippen LogP contribution >= 0.6 is 0 Å². The van der Waals surface area contributed by atoms with E-state index in [1.165, 1.54) is 25.7 Å².